The normalized spacial score (nSPS) is 12.4. The minimum Gasteiger partial charge on any atom is -0.361 e. The van der Waals surface area contributed by atoms with Gasteiger partial charge in [0.15, 0.2) is 0 Å². The number of nitrogens with one attached hydrogen (secondary N) is 2. The number of sulfonamides is 1. The first-order valence-electron chi connectivity index (χ1n) is 6.54. The van der Waals surface area contributed by atoms with E-state index in [-0.39, 0.29) is 0 Å². The number of aromatic nitrogens is 1. The van der Waals surface area contributed by atoms with Gasteiger partial charge in [-0.2, -0.15) is 0 Å². The number of likely N-dealkylation sites (N-methyl/N-ethyl adjacent to an activating group) is 1. The summed E-state index contributed by atoms with van der Waals surface area (Å²) >= 11 is 0. The van der Waals surface area contributed by atoms with Crippen LogP contribution in [-0.2, 0) is 23.0 Å². The van der Waals surface area contributed by atoms with E-state index in [4.69, 9.17) is 0 Å². The van der Waals surface area contributed by atoms with Crippen molar-refractivity contribution in [3.8, 4) is 0 Å². The van der Waals surface area contributed by atoms with Gasteiger partial charge in [-0.15, -0.1) is 0 Å². The molecule has 0 fully saturated rings. The van der Waals surface area contributed by atoms with Gasteiger partial charge in [0.1, 0.15) is 0 Å². The number of aromatic amines is 1. The second-order valence-corrected chi connectivity index (χ2v) is 7.13. The first-order chi connectivity index (χ1) is 9.37. The summed E-state index contributed by atoms with van der Waals surface area (Å²) in [5.41, 5.74) is 3.27. The van der Waals surface area contributed by atoms with Crippen LogP contribution in [0.5, 0.6) is 0 Å². The summed E-state index contributed by atoms with van der Waals surface area (Å²) < 4.78 is 25.1. The zero-order valence-corrected chi connectivity index (χ0v) is 12.9. The lowest BCUT2D eigenvalue weighted by molar-refractivity contribution is 0.414. The van der Waals surface area contributed by atoms with Gasteiger partial charge >= 0.3 is 0 Å². The van der Waals surface area contributed by atoms with Crippen LogP contribution in [-0.4, -0.2) is 45.2 Å². The van der Waals surface area contributed by atoms with E-state index in [2.05, 4.69) is 14.6 Å². The van der Waals surface area contributed by atoms with Crippen LogP contribution in [0.3, 0.4) is 0 Å². The van der Waals surface area contributed by atoms with Crippen LogP contribution >= 0.6 is 0 Å². The molecular formula is C14H21N3O2S. The quantitative estimate of drug-likeness (QED) is 0.845. The van der Waals surface area contributed by atoms with Crippen LogP contribution in [0.25, 0.3) is 10.9 Å². The molecule has 2 N–H and O–H groups in total. The summed E-state index contributed by atoms with van der Waals surface area (Å²) in [5.74, 6) is 0. The highest BCUT2D eigenvalue weighted by Crippen LogP contribution is 2.23. The van der Waals surface area contributed by atoms with Crippen molar-refractivity contribution in [1.29, 1.82) is 0 Å². The standard InChI is InChI=1S/C14H21N3O2S/c1-17(2)8-7-12-9-15-13-6-4-5-11(14(12)13)10-16-20(3,18)19/h4-6,9,15-16H,7-8,10H2,1-3H3. The predicted molar refractivity (Wildman–Crippen MR) is 82.2 cm³/mol. The molecule has 0 unspecified atom stereocenters. The Hall–Kier alpha value is -1.37. The summed E-state index contributed by atoms with van der Waals surface area (Å²) in [7, 11) is 0.904. The Kier molecular flexibility index (Phi) is 4.47. The van der Waals surface area contributed by atoms with Gasteiger partial charge in [0.2, 0.25) is 10.0 Å². The van der Waals surface area contributed by atoms with Crippen molar-refractivity contribution < 1.29 is 8.42 Å². The fraction of sp³-hybridized carbons (Fsp3) is 0.429. The number of H-pyrrole nitrogens is 1. The Morgan fingerprint density at radius 1 is 1.25 bits per heavy atom. The third kappa shape index (κ3) is 3.82. The summed E-state index contributed by atoms with van der Waals surface area (Å²) in [6, 6.07) is 5.92. The molecule has 1 heterocycles. The maximum absolute atomic E-state index is 11.3. The molecule has 110 valence electrons. The molecule has 0 bridgehead atoms. The van der Waals surface area contributed by atoms with E-state index in [9.17, 15) is 8.42 Å². The molecule has 0 aliphatic rings. The Morgan fingerprint density at radius 2 is 2.00 bits per heavy atom. The number of benzene rings is 1. The molecular weight excluding hydrogens is 274 g/mol. The summed E-state index contributed by atoms with van der Waals surface area (Å²) in [5, 5.41) is 1.13. The average Bonchev–Trinajstić information content (AvgIpc) is 2.76. The molecule has 0 saturated heterocycles. The van der Waals surface area contributed by atoms with Gasteiger partial charge in [0, 0.05) is 30.2 Å². The molecule has 2 aromatic rings. The average molecular weight is 295 g/mol. The monoisotopic (exact) mass is 295 g/mol. The second-order valence-electron chi connectivity index (χ2n) is 5.30. The van der Waals surface area contributed by atoms with Crippen LogP contribution in [0.15, 0.2) is 24.4 Å². The fourth-order valence-corrected chi connectivity index (χ4v) is 2.65. The van der Waals surface area contributed by atoms with Crippen molar-refractivity contribution in [2.45, 2.75) is 13.0 Å². The Labute approximate surface area is 120 Å². The molecule has 1 aromatic heterocycles. The smallest absolute Gasteiger partial charge is 0.209 e. The van der Waals surface area contributed by atoms with Crippen molar-refractivity contribution >= 4 is 20.9 Å². The lowest BCUT2D eigenvalue weighted by atomic mass is 10.0. The van der Waals surface area contributed by atoms with Gasteiger partial charge in [0.05, 0.1) is 6.26 Å². The highest BCUT2D eigenvalue weighted by Gasteiger charge is 2.10. The van der Waals surface area contributed by atoms with E-state index >= 15 is 0 Å². The van der Waals surface area contributed by atoms with Gasteiger partial charge < -0.3 is 9.88 Å². The molecule has 0 saturated carbocycles. The van der Waals surface area contributed by atoms with Crippen molar-refractivity contribution in [3.05, 3.63) is 35.5 Å². The van der Waals surface area contributed by atoms with Crippen molar-refractivity contribution in [2.24, 2.45) is 0 Å². The number of fused-ring (bicyclic) bond motifs is 1. The molecule has 0 aliphatic carbocycles. The molecule has 0 atom stereocenters. The number of nitrogens with zero attached hydrogens (tertiary/aromatic N) is 1. The van der Waals surface area contributed by atoms with Gasteiger partial charge in [0.25, 0.3) is 0 Å². The zero-order chi connectivity index (χ0) is 14.8. The van der Waals surface area contributed by atoms with E-state index in [0.29, 0.717) is 6.54 Å². The predicted octanol–water partition coefficient (Wildman–Crippen LogP) is 1.32. The van der Waals surface area contributed by atoms with Gasteiger partial charge in [-0.3, -0.25) is 0 Å². The largest absolute Gasteiger partial charge is 0.361 e. The van der Waals surface area contributed by atoms with Crippen LogP contribution in [0, 0.1) is 0 Å². The topological polar surface area (TPSA) is 65.2 Å². The molecule has 0 amide bonds. The van der Waals surface area contributed by atoms with E-state index in [1.807, 2.05) is 38.5 Å². The van der Waals surface area contributed by atoms with Crippen molar-refractivity contribution in [2.75, 3.05) is 26.9 Å². The first kappa shape index (κ1) is 15.0. The van der Waals surface area contributed by atoms with E-state index in [0.717, 1.165) is 29.4 Å². The minimum absolute atomic E-state index is 0.322. The van der Waals surface area contributed by atoms with Gasteiger partial charge in [-0.05, 0) is 37.7 Å². The van der Waals surface area contributed by atoms with E-state index < -0.39 is 10.0 Å². The molecule has 20 heavy (non-hydrogen) atoms. The summed E-state index contributed by atoms with van der Waals surface area (Å²) in [4.78, 5) is 5.39. The number of rotatable bonds is 6. The van der Waals surface area contributed by atoms with Crippen molar-refractivity contribution in [3.63, 3.8) is 0 Å². The zero-order valence-electron chi connectivity index (χ0n) is 12.1. The molecule has 1 aromatic carbocycles. The Morgan fingerprint density at radius 3 is 2.65 bits per heavy atom. The van der Waals surface area contributed by atoms with Crippen LogP contribution in [0.1, 0.15) is 11.1 Å². The van der Waals surface area contributed by atoms with Crippen molar-refractivity contribution in [1.82, 2.24) is 14.6 Å². The maximum Gasteiger partial charge on any atom is 0.209 e. The van der Waals surface area contributed by atoms with Crippen LogP contribution < -0.4 is 4.72 Å². The SMILES string of the molecule is CN(C)CCc1c[nH]c2cccc(CNS(C)(=O)=O)c12. The van der Waals surface area contributed by atoms with Gasteiger partial charge in [-0.25, -0.2) is 13.1 Å². The van der Waals surface area contributed by atoms with Crippen LogP contribution in [0.4, 0.5) is 0 Å². The molecule has 0 spiro atoms. The highest BCUT2D eigenvalue weighted by molar-refractivity contribution is 7.88. The number of hydrogen-bond donors (Lipinski definition) is 2. The molecule has 5 nitrogen and oxygen atoms in total. The van der Waals surface area contributed by atoms with Crippen LogP contribution in [0.2, 0.25) is 0 Å². The maximum atomic E-state index is 11.3. The molecule has 0 radical (unpaired) electrons. The Bertz CT molecular complexity index is 690. The van der Waals surface area contributed by atoms with E-state index in [1.54, 1.807) is 0 Å². The fourth-order valence-electron chi connectivity index (χ4n) is 2.23. The van der Waals surface area contributed by atoms with E-state index in [1.165, 1.54) is 11.8 Å². The summed E-state index contributed by atoms with van der Waals surface area (Å²) in [6.07, 6.45) is 4.12. The molecule has 6 heteroatoms. The minimum atomic E-state index is -3.18. The summed E-state index contributed by atoms with van der Waals surface area (Å²) in [6.45, 7) is 1.28. The third-order valence-electron chi connectivity index (χ3n) is 3.23. The highest BCUT2D eigenvalue weighted by atomic mass is 32.2. The number of hydrogen-bond acceptors (Lipinski definition) is 3. The third-order valence-corrected chi connectivity index (χ3v) is 3.90. The van der Waals surface area contributed by atoms with Gasteiger partial charge in [-0.1, -0.05) is 12.1 Å². The first-order valence-corrected chi connectivity index (χ1v) is 8.43. The lowest BCUT2D eigenvalue weighted by Gasteiger charge is -2.10. The second kappa shape index (κ2) is 5.95. The Balaban J connectivity index is 2.31. The molecule has 0 aliphatic heterocycles. The molecule has 2 rings (SSSR count). The lowest BCUT2D eigenvalue weighted by Crippen LogP contribution is -2.21.